The standard InChI is InChI=1S/C9H10O4/c10-6-3-4-1-2-5-7(4)9(12-6)13-8(5)11/h4-5,7,9H,1-3H2/t4-,5-,7+,9-/m0/s1. The predicted molar refractivity (Wildman–Crippen MR) is 40.3 cm³/mol. The molecule has 13 heavy (non-hydrogen) atoms. The molecule has 2 saturated heterocycles. The summed E-state index contributed by atoms with van der Waals surface area (Å²) in [4.78, 5) is 22.4. The third-order valence-electron chi connectivity index (χ3n) is 3.38. The van der Waals surface area contributed by atoms with Crippen molar-refractivity contribution in [3.8, 4) is 0 Å². The van der Waals surface area contributed by atoms with Crippen molar-refractivity contribution < 1.29 is 19.1 Å². The molecule has 2 heterocycles. The highest BCUT2D eigenvalue weighted by Gasteiger charge is 2.56. The smallest absolute Gasteiger partial charge is 0.312 e. The molecule has 70 valence electrons. The fourth-order valence-corrected chi connectivity index (χ4v) is 2.81. The van der Waals surface area contributed by atoms with Crippen molar-refractivity contribution in [1.29, 1.82) is 0 Å². The van der Waals surface area contributed by atoms with Gasteiger partial charge in [-0.1, -0.05) is 0 Å². The van der Waals surface area contributed by atoms with E-state index >= 15 is 0 Å². The zero-order valence-electron chi connectivity index (χ0n) is 7.06. The second-order valence-corrected chi connectivity index (χ2v) is 4.02. The molecule has 3 rings (SSSR count). The first-order chi connectivity index (χ1) is 6.25. The molecule has 0 aromatic carbocycles. The predicted octanol–water partition coefficient (Wildman–Crippen LogP) is 0.459. The van der Waals surface area contributed by atoms with E-state index in [1.807, 2.05) is 0 Å². The second-order valence-electron chi connectivity index (χ2n) is 4.02. The molecule has 4 heteroatoms. The molecule has 0 bridgehead atoms. The minimum absolute atomic E-state index is 0.00287. The van der Waals surface area contributed by atoms with E-state index < -0.39 is 6.29 Å². The number of esters is 2. The lowest BCUT2D eigenvalue weighted by molar-refractivity contribution is -0.193. The van der Waals surface area contributed by atoms with Gasteiger partial charge in [-0.3, -0.25) is 9.59 Å². The summed E-state index contributed by atoms with van der Waals surface area (Å²) in [7, 11) is 0. The van der Waals surface area contributed by atoms with E-state index in [2.05, 4.69) is 0 Å². The Kier molecular flexibility index (Phi) is 1.27. The number of hydrogen-bond acceptors (Lipinski definition) is 4. The molecular formula is C9H10O4. The third kappa shape index (κ3) is 0.857. The Morgan fingerprint density at radius 1 is 1.15 bits per heavy atom. The van der Waals surface area contributed by atoms with Crippen LogP contribution in [0.25, 0.3) is 0 Å². The lowest BCUT2D eigenvalue weighted by Crippen LogP contribution is -2.35. The van der Waals surface area contributed by atoms with E-state index in [9.17, 15) is 9.59 Å². The van der Waals surface area contributed by atoms with Gasteiger partial charge in [0.15, 0.2) is 0 Å². The van der Waals surface area contributed by atoms with Crippen molar-refractivity contribution in [3.05, 3.63) is 0 Å². The van der Waals surface area contributed by atoms with E-state index in [-0.39, 0.29) is 23.8 Å². The summed E-state index contributed by atoms with van der Waals surface area (Å²) in [6.45, 7) is 0. The molecule has 0 amide bonds. The van der Waals surface area contributed by atoms with Crippen LogP contribution in [-0.4, -0.2) is 18.2 Å². The van der Waals surface area contributed by atoms with Crippen LogP contribution in [0, 0.1) is 17.8 Å². The van der Waals surface area contributed by atoms with E-state index in [4.69, 9.17) is 9.47 Å². The van der Waals surface area contributed by atoms with Gasteiger partial charge >= 0.3 is 11.9 Å². The van der Waals surface area contributed by atoms with Gasteiger partial charge in [0, 0.05) is 6.42 Å². The van der Waals surface area contributed by atoms with Gasteiger partial charge in [-0.2, -0.15) is 0 Å². The van der Waals surface area contributed by atoms with Crippen molar-refractivity contribution >= 4 is 11.9 Å². The first-order valence-corrected chi connectivity index (χ1v) is 4.65. The van der Waals surface area contributed by atoms with Crippen molar-refractivity contribution in [1.82, 2.24) is 0 Å². The lowest BCUT2D eigenvalue weighted by atomic mass is 9.87. The molecule has 4 nitrogen and oxygen atoms in total. The van der Waals surface area contributed by atoms with Gasteiger partial charge in [0.2, 0.25) is 0 Å². The van der Waals surface area contributed by atoms with Crippen molar-refractivity contribution in [2.24, 2.45) is 17.8 Å². The van der Waals surface area contributed by atoms with Gasteiger partial charge in [-0.25, -0.2) is 0 Å². The highest BCUT2D eigenvalue weighted by atomic mass is 16.7. The number of ether oxygens (including phenoxy) is 2. The zero-order chi connectivity index (χ0) is 9.00. The molecule has 0 radical (unpaired) electrons. The summed E-state index contributed by atoms with van der Waals surface area (Å²) in [6.07, 6.45) is 1.73. The largest absolute Gasteiger partial charge is 0.425 e. The topological polar surface area (TPSA) is 52.6 Å². The number of rotatable bonds is 0. The molecule has 1 aliphatic carbocycles. The first kappa shape index (κ1) is 7.35. The molecule has 2 aliphatic heterocycles. The molecule has 3 aliphatic rings. The molecule has 0 aromatic heterocycles. The number of carbonyl (C=O) groups is 2. The summed E-state index contributed by atoms with van der Waals surface area (Å²) < 4.78 is 9.97. The Bertz CT molecular complexity index is 283. The minimum Gasteiger partial charge on any atom is -0.425 e. The van der Waals surface area contributed by atoms with Gasteiger partial charge in [0.05, 0.1) is 11.8 Å². The van der Waals surface area contributed by atoms with Crippen LogP contribution in [-0.2, 0) is 19.1 Å². The van der Waals surface area contributed by atoms with Crippen LogP contribution < -0.4 is 0 Å². The number of hydrogen-bond donors (Lipinski definition) is 0. The maximum Gasteiger partial charge on any atom is 0.312 e. The Labute approximate surface area is 75.2 Å². The fourth-order valence-electron chi connectivity index (χ4n) is 2.81. The van der Waals surface area contributed by atoms with E-state index in [1.54, 1.807) is 0 Å². The third-order valence-corrected chi connectivity index (χ3v) is 3.38. The fraction of sp³-hybridized carbons (Fsp3) is 0.778. The highest BCUT2D eigenvalue weighted by molar-refractivity contribution is 5.78. The van der Waals surface area contributed by atoms with Gasteiger partial charge in [0.1, 0.15) is 0 Å². The van der Waals surface area contributed by atoms with Crippen LogP contribution >= 0.6 is 0 Å². The zero-order valence-corrected chi connectivity index (χ0v) is 7.06. The van der Waals surface area contributed by atoms with Crippen molar-refractivity contribution in [2.45, 2.75) is 25.6 Å². The Morgan fingerprint density at radius 2 is 2.00 bits per heavy atom. The number of carbonyl (C=O) groups excluding carboxylic acids is 2. The van der Waals surface area contributed by atoms with Gasteiger partial charge in [-0.15, -0.1) is 0 Å². The maximum absolute atomic E-state index is 11.3. The summed E-state index contributed by atoms with van der Waals surface area (Å²) in [5.74, 6) is 0.0878. The van der Waals surface area contributed by atoms with Gasteiger partial charge in [-0.05, 0) is 18.8 Å². The average molecular weight is 182 g/mol. The van der Waals surface area contributed by atoms with Gasteiger partial charge in [0.25, 0.3) is 6.29 Å². The van der Waals surface area contributed by atoms with Crippen molar-refractivity contribution in [3.63, 3.8) is 0 Å². The summed E-state index contributed by atoms with van der Waals surface area (Å²) >= 11 is 0. The lowest BCUT2D eigenvalue weighted by Gasteiger charge is -2.27. The Hall–Kier alpha value is -1.06. The monoisotopic (exact) mass is 182 g/mol. The summed E-state index contributed by atoms with van der Waals surface area (Å²) in [6, 6.07) is 0. The summed E-state index contributed by atoms with van der Waals surface area (Å²) in [5.41, 5.74) is 0. The molecule has 1 saturated carbocycles. The molecule has 0 unspecified atom stereocenters. The maximum atomic E-state index is 11.3. The van der Waals surface area contributed by atoms with Crippen LogP contribution in [0.3, 0.4) is 0 Å². The minimum atomic E-state index is -0.564. The highest BCUT2D eigenvalue weighted by Crippen LogP contribution is 2.49. The first-order valence-electron chi connectivity index (χ1n) is 4.65. The Balaban J connectivity index is 1.95. The molecule has 4 atom stereocenters. The van der Waals surface area contributed by atoms with E-state index in [0.29, 0.717) is 12.3 Å². The van der Waals surface area contributed by atoms with Gasteiger partial charge < -0.3 is 9.47 Å². The van der Waals surface area contributed by atoms with Crippen LogP contribution in [0.2, 0.25) is 0 Å². The SMILES string of the molecule is O=C1C[C@@H]2CC[C@@H]3C(=O)O[C@H](O1)[C@H]23. The molecule has 0 spiro atoms. The molecule has 0 aromatic rings. The molecule has 0 N–H and O–H groups in total. The van der Waals surface area contributed by atoms with E-state index in [0.717, 1.165) is 12.8 Å². The van der Waals surface area contributed by atoms with Crippen molar-refractivity contribution in [2.75, 3.05) is 0 Å². The van der Waals surface area contributed by atoms with Crippen LogP contribution in [0.1, 0.15) is 19.3 Å². The normalized spacial score (nSPS) is 47.1. The quantitative estimate of drug-likeness (QED) is 0.511. The van der Waals surface area contributed by atoms with Crippen LogP contribution in [0.4, 0.5) is 0 Å². The van der Waals surface area contributed by atoms with Crippen LogP contribution in [0.15, 0.2) is 0 Å². The van der Waals surface area contributed by atoms with E-state index in [1.165, 1.54) is 0 Å². The second kappa shape index (κ2) is 2.25. The van der Waals surface area contributed by atoms with Crippen LogP contribution in [0.5, 0.6) is 0 Å². The molecule has 3 fully saturated rings. The molecular weight excluding hydrogens is 172 g/mol. The summed E-state index contributed by atoms with van der Waals surface area (Å²) in [5, 5.41) is 0. The average Bonchev–Trinajstić information content (AvgIpc) is 2.58. The Morgan fingerprint density at radius 3 is 2.85 bits per heavy atom.